The molecule has 0 aromatic heterocycles. The number of carbonyl (C=O) groups is 1. The van der Waals surface area contributed by atoms with Gasteiger partial charge in [0.05, 0.1) is 6.04 Å². The highest BCUT2D eigenvalue weighted by atomic mass is 16.2. The second-order valence-electron chi connectivity index (χ2n) is 5.35. The average molecular weight is 256 g/mol. The molecule has 3 rings (SSSR count). The molecule has 1 fully saturated rings. The van der Waals surface area contributed by atoms with E-state index in [0.29, 0.717) is 5.92 Å². The number of anilines is 1. The zero-order valence-corrected chi connectivity index (χ0v) is 11.3. The normalized spacial score (nSPS) is 21.7. The van der Waals surface area contributed by atoms with Crippen molar-refractivity contribution in [3.05, 3.63) is 42.0 Å². The SMILES string of the molecule is CCC1C=CCN1C(=O)Nc1ccccc1C1CC1. The van der Waals surface area contributed by atoms with Gasteiger partial charge in [0.25, 0.3) is 0 Å². The molecule has 0 spiro atoms. The number of nitrogens with zero attached hydrogens (tertiary/aromatic N) is 1. The molecular formula is C16H20N2O. The Balaban J connectivity index is 1.73. The molecule has 3 heteroatoms. The Labute approximate surface area is 114 Å². The van der Waals surface area contributed by atoms with E-state index < -0.39 is 0 Å². The van der Waals surface area contributed by atoms with Gasteiger partial charge in [-0.05, 0) is 36.8 Å². The van der Waals surface area contributed by atoms with E-state index in [9.17, 15) is 4.79 Å². The maximum Gasteiger partial charge on any atom is 0.322 e. The molecule has 2 amide bonds. The molecule has 1 aliphatic heterocycles. The van der Waals surface area contributed by atoms with Gasteiger partial charge >= 0.3 is 6.03 Å². The third-order valence-corrected chi connectivity index (χ3v) is 3.96. The van der Waals surface area contributed by atoms with Crippen LogP contribution >= 0.6 is 0 Å². The van der Waals surface area contributed by atoms with Gasteiger partial charge in [0.1, 0.15) is 0 Å². The van der Waals surface area contributed by atoms with E-state index >= 15 is 0 Å². The highest BCUT2D eigenvalue weighted by molar-refractivity contribution is 5.91. The van der Waals surface area contributed by atoms with Crippen LogP contribution in [-0.2, 0) is 0 Å². The lowest BCUT2D eigenvalue weighted by molar-refractivity contribution is 0.209. The van der Waals surface area contributed by atoms with Gasteiger partial charge in [-0.1, -0.05) is 37.3 Å². The minimum atomic E-state index is 0.0185. The molecule has 0 radical (unpaired) electrons. The smallest absolute Gasteiger partial charge is 0.314 e. The third kappa shape index (κ3) is 2.50. The third-order valence-electron chi connectivity index (χ3n) is 3.96. The molecule has 1 aromatic rings. The van der Waals surface area contributed by atoms with E-state index in [1.54, 1.807) is 0 Å². The molecule has 100 valence electrons. The van der Waals surface area contributed by atoms with Crippen molar-refractivity contribution < 1.29 is 4.79 Å². The van der Waals surface area contributed by atoms with Crippen molar-refractivity contribution >= 4 is 11.7 Å². The number of hydrogen-bond acceptors (Lipinski definition) is 1. The van der Waals surface area contributed by atoms with Crippen LogP contribution in [0.2, 0.25) is 0 Å². The molecule has 1 unspecified atom stereocenters. The van der Waals surface area contributed by atoms with Gasteiger partial charge in [-0.25, -0.2) is 4.79 Å². The predicted octanol–water partition coefficient (Wildman–Crippen LogP) is 3.75. The maximum atomic E-state index is 12.4. The molecule has 19 heavy (non-hydrogen) atoms. The summed E-state index contributed by atoms with van der Waals surface area (Å²) in [6, 6.07) is 8.44. The minimum absolute atomic E-state index is 0.0185. The Morgan fingerprint density at radius 1 is 1.37 bits per heavy atom. The lowest BCUT2D eigenvalue weighted by Crippen LogP contribution is -2.39. The van der Waals surface area contributed by atoms with Crippen LogP contribution in [0.15, 0.2) is 36.4 Å². The van der Waals surface area contributed by atoms with Crippen molar-refractivity contribution in [2.75, 3.05) is 11.9 Å². The summed E-state index contributed by atoms with van der Waals surface area (Å²) in [6.45, 7) is 2.83. The van der Waals surface area contributed by atoms with E-state index in [-0.39, 0.29) is 12.1 Å². The second-order valence-corrected chi connectivity index (χ2v) is 5.35. The fraction of sp³-hybridized carbons (Fsp3) is 0.438. The van der Waals surface area contributed by atoms with E-state index in [1.807, 2.05) is 17.0 Å². The van der Waals surface area contributed by atoms with Crippen molar-refractivity contribution in [2.45, 2.75) is 38.1 Å². The molecule has 1 aromatic carbocycles. The quantitative estimate of drug-likeness (QED) is 0.821. The summed E-state index contributed by atoms with van der Waals surface area (Å²) in [5.41, 5.74) is 2.27. The van der Waals surface area contributed by atoms with Crippen LogP contribution in [0, 0.1) is 0 Å². The average Bonchev–Trinajstić information content (AvgIpc) is 3.16. The summed E-state index contributed by atoms with van der Waals surface area (Å²) in [4.78, 5) is 14.2. The molecule has 1 aliphatic carbocycles. The Bertz CT molecular complexity index is 505. The zero-order chi connectivity index (χ0) is 13.2. The van der Waals surface area contributed by atoms with Crippen LogP contribution in [0.4, 0.5) is 10.5 Å². The monoisotopic (exact) mass is 256 g/mol. The first kappa shape index (κ1) is 12.3. The number of rotatable bonds is 3. The van der Waals surface area contributed by atoms with Crippen LogP contribution in [0.1, 0.15) is 37.7 Å². The summed E-state index contributed by atoms with van der Waals surface area (Å²) in [5.74, 6) is 0.648. The zero-order valence-electron chi connectivity index (χ0n) is 11.3. The van der Waals surface area contributed by atoms with Crippen LogP contribution < -0.4 is 5.32 Å². The number of urea groups is 1. The van der Waals surface area contributed by atoms with Gasteiger partial charge in [-0.15, -0.1) is 0 Å². The lowest BCUT2D eigenvalue weighted by atomic mass is 10.1. The largest absolute Gasteiger partial charge is 0.322 e. The molecule has 0 bridgehead atoms. The number of amides is 2. The van der Waals surface area contributed by atoms with Crippen molar-refractivity contribution in [3.8, 4) is 0 Å². The molecule has 1 atom stereocenters. The molecule has 1 heterocycles. The van der Waals surface area contributed by atoms with Crippen LogP contribution in [0.25, 0.3) is 0 Å². The molecular weight excluding hydrogens is 236 g/mol. The molecule has 1 N–H and O–H groups in total. The lowest BCUT2D eigenvalue weighted by Gasteiger charge is -2.24. The predicted molar refractivity (Wildman–Crippen MR) is 77.4 cm³/mol. The van der Waals surface area contributed by atoms with Gasteiger partial charge in [-0.3, -0.25) is 0 Å². The van der Waals surface area contributed by atoms with Gasteiger partial charge < -0.3 is 10.2 Å². The Morgan fingerprint density at radius 3 is 2.89 bits per heavy atom. The number of nitrogens with one attached hydrogen (secondary N) is 1. The first-order valence-electron chi connectivity index (χ1n) is 7.12. The Hall–Kier alpha value is -1.77. The molecule has 2 aliphatic rings. The molecule has 3 nitrogen and oxygen atoms in total. The van der Waals surface area contributed by atoms with Gasteiger partial charge in [0.2, 0.25) is 0 Å². The fourth-order valence-corrected chi connectivity index (χ4v) is 2.71. The summed E-state index contributed by atoms with van der Waals surface area (Å²) < 4.78 is 0. The van der Waals surface area contributed by atoms with E-state index in [2.05, 4.69) is 36.5 Å². The standard InChI is InChI=1S/C16H20N2O/c1-2-13-6-5-11-18(13)16(19)17-15-8-4-3-7-14(15)12-9-10-12/h3-8,12-13H,2,9-11H2,1H3,(H,17,19). The number of hydrogen-bond donors (Lipinski definition) is 1. The van der Waals surface area contributed by atoms with Crippen molar-refractivity contribution in [2.24, 2.45) is 0 Å². The van der Waals surface area contributed by atoms with Gasteiger partial charge in [0.15, 0.2) is 0 Å². The fourth-order valence-electron chi connectivity index (χ4n) is 2.71. The van der Waals surface area contributed by atoms with Crippen LogP contribution in [0.3, 0.4) is 0 Å². The summed E-state index contributed by atoms with van der Waals surface area (Å²) >= 11 is 0. The number of para-hydroxylation sites is 1. The highest BCUT2D eigenvalue weighted by Gasteiger charge is 2.28. The van der Waals surface area contributed by atoms with Crippen LogP contribution in [-0.4, -0.2) is 23.5 Å². The minimum Gasteiger partial charge on any atom is -0.314 e. The van der Waals surface area contributed by atoms with E-state index in [0.717, 1.165) is 18.7 Å². The maximum absolute atomic E-state index is 12.4. The number of carbonyl (C=O) groups excluding carboxylic acids is 1. The van der Waals surface area contributed by atoms with Crippen molar-refractivity contribution in [1.82, 2.24) is 4.90 Å². The summed E-state index contributed by atoms with van der Waals surface area (Å²) in [6.07, 6.45) is 7.65. The number of benzene rings is 1. The Kier molecular flexibility index (Phi) is 3.28. The van der Waals surface area contributed by atoms with E-state index in [1.165, 1.54) is 18.4 Å². The first-order chi connectivity index (χ1) is 9.29. The van der Waals surface area contributed by atoms with Gasteiger partial charge in [0, 0.05) is 12.2 Å². The van der Waals surface area contributed by atoms with E-state index in [4.69, 9.17) is 0 Å². The Morgan fingerprint density at radius 2 is 2.16 bits per heavy atom. The second kappa shape index (κ2) is 5.08. The molecule has 0 saturated heterocycles. The van der Waals surface area contributed by atoms with Gasteiger partial charge in [-0.2, -0.15) is 0 Å². The van der Waals surface area contributed by atoms with Crippen molar-refractivity contribution in [1.29, 1.82) is 0 Å². The summed E-state index contributed by atoms with van der Waals surface area (Å²) in [5, 5.41) is 3.09. The summed E-state index contributed by atoms with van der Waals surface area (Å²) in [7, 11) is 0. The molecule has 1 saturated carbocycles. The first-order valence-corrected chi connectivity index (χ1v) is 7.12. The highest BCUT2D eigenvalue weighted by Crippen LogP contribution is 2.43. The van der Waals surface area contributed by atoms with Crippen LogP contribution in [0.5, 0.6) is 0 Å². The topological polar surface area (TPSA) is 32.3 Å². The van der Waals surface area contributed by atoms with Crippen molar-refractivity contribution in [3.63, 3.8) is 0 Å².